The predicted molar refractivity (Wildman–Crippen MR) is 41.6 cm³/mol. The van der Waals surface area contributed by atoms with Gasteiger partial charge in [-0.1, -0.05) is 0 Å². The summed E-state index contributed by atoms with van der Waals surface area (Å²) in [5, 5.41) is 8.62. The molecule has 0 aliphatic carbocycles. The lowest BCUT2D eigenvalue weighted by Crippen LogP contribution is -2.34. The van der Waals surface area contributed by atoms with Crippen LogP contribution in [0.2, 0.25) is 0 Å². The number of hydrogen-bond donors (Lipinski definition) is 1. The smallest absolute Gasteiger partial charge is 0.329 e. The maximum atomic E-state index is 10.5. The third-order valence-electron chi connectivity index (χ3n) is 1.46. The van der Waals surface area contributed by atoms with E-state index in [1.807, 2.05) is 13.8 Å². The minimum atomic E-state index is -0.841. The van der Waals surface area contributed by atoms with Gasteiger partial charge in [0.05, 0.1) is 5.55 Å². The van der Waals surface area contributed by atoms with Crippen LogP contribution in [-0.4, -0.2) is 27.4 Å². The summed E-state index contributed by atoms with van der Waals surface area (Å²) in [7, 11) is 0. The van der Waals surface area contributed by atoms with Gasteiger partial charge in [0.1, 0.15) is 0 Å². The summed E-state index contributed by atoms with van der Waals surface area (Å²) >= 11 is 1.46. The van der Waals surface area contributed by atoms with Crippen LogP contribution in [0.25, 0.3) is 0 Å². The Hall–Kier alpha value is -0.510. The Morgan fingerprint density at radius 2 is 2.40 bits per heavy atom. The van der Waals surface area contributed by atoms with Gasteiger partial charge >= 0.3 is 5.97 Å². The van der Waals surface area contributed by atoms with E-state index in [4.69, 9.17) is 5.11 Å². The summed E-state index contributed by atoms with van der Waals surface area (Å²) in [6.45, 7) is 3.76. The summed E-state index contributed by atoms with van der Waals surface area (Å²) in [4.78, 5) is 14.3. The van der Waals surface area contributed by atoms with Crippen molar-refractivity contribution in [2.45, 2.75) is 24.6 Å². The molecule has 3 nitrogen and oxygen atoms in total. The molecule has 0 saturated heterocycles. The van der Waals surface area contributed by atoms with Crippen molar-refractivity contribution >= 4 is 23.3 Å². The van der Waals surface area contributed by atoms with Crippen molar-refractivity contribution in [2.75, 3.05) is 0 Å². The van der Waals surface area contributed by atoms with Gasteiger partial charge in [-0.25, -0.2) is 4.79 Å². The molecule has 1 unspecified atom stereocenters. The molecule has 1 atom stereocenters. The molecule has 0 aromatic rings. The summed E-state index contributed by atoms with van der Waals surface area (Å²) in [6.07, 6.45) is 0. The number of nitrogens with zero attached hydrogens (tertiary/aromatic N) is 1. The van der Waals surface area contributed by atoms with E-state index in [0.29, 0.717) is 0 Å². The monoisotopic (exact) mass is 159 g/mol. The molecule has 0 saturated carbocycles. The van der Waals surface area contributed by atoms with Crippen LogP contribution in [0.5, 0.6) is 0 Å². The van der Waals surface area contributed by atoms with Crippen LogP contribution >= 0.6 is 11.8 Å². The fourth-order valence-electron chi connectivity index (χ4n) is 0.832. The first kappa shape index (κ1) is 7.60. The number of carbonyl (C=O) groups is 1. The first-order valence-electron chi connectivity index (χ1n) is 2.96. The van der Waals surface area contributed by atoms with E-state index in [1.165, 1.54) is 11.8 Å². The van der Waals surface area contributed by atoms with E-state index < -0.39 is 12.0 Å². The zero-order chi connectivity index (χ0) is 7.78. The van der Waals surface area contributed by atoms with Crippen molar-refractivity contribution in [3.63, 3.8) is 0 Å². The Kier molecular flexibility index (Phi) is 1.72. The summed E-state index contributed by atoms with van der Waals surface area (Å²) in [5.41, 5.74) is 1.61. The minimum Gasteiger partial charge on any atom is -0.480 e. The highest BCUT2D eigenvalue weighted by atomic mass is 32.2. The van der Waals surface area contributed by atoms with E-state index in [-0.39, 0.29) is 4.75 Å². The molecule has 10 heavy (non-hydrogen) atoms. The van der Waals surface area contributed by atoms with Crippen LogP contribution in [0.1, 0.15) is 13.8 Å². The van der Waals surface area contributed by atoms with Crippen LogP contribution in [0, 0.1) is 0 Å². The van der Waals surface area contributed by atoms with Crippen LogP contribution < -0.4 is 0 Å². The molecule has 1 heterocycles. The molecule has 0 aromatic heterocycles. The Morgan fingerprint density at radius 1 is 1.80 bits per heavy atom. The quantitative estimate of drug-likeness (QED) is 0.620. The lowest BCUT2D eigenvalue weighted by molar-refractivity contribution is -0.138. The van der Waals surface area contributed by atoms with Gasteiger partial charge < -0.3 is 5.11 Å². The second-order valence-corrected chi connectivity index (χ2v) is 4.22. The SMILES string of the molecule is CC1(C)SC=NC1C(=O)O. The Bertz CT molecular complexity index is 188. The number of thioether (sulfide) groups is 1. The lowest BCUT2D eigenvalue weighted by atomic mass is 10.1. The summed E-state index contributed by atoms with van der Waals surface area (Å²) < 4.78 is -0.272. The Balaban J connectivity index is 2.77. The Morgan fingerprint density at radius 3 is 2.60 bits per heavy atom. The van der Waals surface area contributed by atoms with Crippen LogP contribution in [0.15, 0.2) is 4.99 Å². The second kappa shape index (κ2) is 2.27. The van der Waals surface area contributed by atoms with Gasteiger partial charge in [-0.2, -0.15) is 0 Å². The van der Waals surface area contributed by atoms with Gasteiger partial charge in [0.25, 0.3) is 0 Å². The van der Waals surface area contributed by atoms with Crippen molar-refractivity contribution in [2.24, 2.45) is 4.99 Å². The molecule has 1 aliphatic heterocycles. The molecule has 0 amide bonds. The standard InChI is InChI=1S/C6H9NO2S/c1-6(2)4(5(8)9)7-3-10-6/h3-4H,1-2H3,(H,8,9). The number of carboxylic acids is 1. The number of hydrogen-bond acceptors (Lipinski definition) is 3. The van der Waals surface area contributed by atoms with Crippen LogP contribution in [-0.2, 0) is 4.79 Å². The van der Waals surface area contributed by atoms with Gasteiger partial charge in [0, 0.05) is 4.75 Å². The maximum Gasteiger partial charge on any atom is 0.329 e. The zero-order valence-electron chi connectivity index (χ0n) is 5.87. The summed E-state index contributed by atoms with van der Waals surface area (Å²) in [5.74, 6) is -0.841. The highest BCUT2D eigenvalue weighted by Gasteiger charge is 2.38. The molecule has 0 fully saturated rings. The first-order chi connectivity index (χ1) is 4.54. The van der Waals surface area contributed by atoms with E-state index in [1.54, 1.807) is 5.55 Å². The number of aliphatic carboxylic acids is 1. The van der Waals surface area contributed by atoms with E-state index in [0.717, 1.165) is 0 Å². The second-order valence-electron chi connectivity index (χ2n) is 2.72. The van der Waals surface area contributed by atoms with E-state index in [2.05, 4.69) is 4.99 Å². The maximum absolute atomic E-state index is 10.5. The molecule has 0 radical (unpaired) electrons. The van der Waals surface area contributed by atoms with E-state index >= 15 is 0 Å². The van der Waals surface area contributed by atoms with Crippen LogP contribution in [0.3, 0.4) is 0 Å². The first-order valence-corrected chi connectivity index (χ1v) is 3.84. The normalized spacial score (nSPS) is 28.8. The zero-order valence-corrected chi connectivity index (χ0v) is 6.68. The number of rotatable bonds is 1. The third-order valence-corrected chi connectivity index (χ3v) is 2.52. The van der Waals surface area contributed by atoms with Crippen LogP contribution in [0.4, 0.5) is 0 Å². The molecule has 1 rings (SSSR count). The molecule has 1 N–H and O–H groups in total. The lowest BCUT2D eigenvalue weighted by Gasteiger charge is -2.19. The molecule has 56 valence electrons. The highest BCUT2D eigenvalue weighted by Crippen LogP contribution is 2.33. The van der Waals surface area contributed by atoms with Crippen molar-refractivity contribution in [3.05, 3.63) is 0 Å². The van der Waals surface area contributed by atoms with Crippen molar-refractivity contribution in [1.29, 1.82) is 0 Å². The van der Waals surface area contributed by atoms with Gasteiger partial charge in [0.2, 0.25) is 0 Å². The average Bonchev–Trinajstić information content (AvgIpc) is 2.08. The Labute approximate surface area is 63.5 Å². The van der Waals surface area contributed by atoms with Crippen molar-refractivity contribution in [1.82, 2.24) is 0 Å². The van der Waals surface area contributed by atoms with Gasteiger partial charge in [0.15, 0.2) is 6.04 Å². The highest BCUT2D eigenvalue weighted by molar-refractivity contribution is 8.13. The fourth-order valence-corrected chi connectivity index (χ4v) is 1.58. The molecule has 0 bridgehead atoms. The minimum absolute atomic E-state index is 0.272. The van der Waals surface area contributed by atoms with Crippen molar-refractivity contribution < 1.29 is 9.90 Å². The summed E-state index contributed by atoms with van der Waals surface area (Å²) in [6, 6.07) is -0.572. The number of carboxylic acid groups (broad SMARTS) is 1. The average molecular weight is 159 g/mol. The topological polar surface area (TPSA) is 49.7 Å². The molecule has 0 aromatic carbocycles. The largest absolute Gasteiger partial charge is 0.480 e. The van der Waals surface area contributed by atoms with Gasteiger partial charge in [-0.3, -0.25) is 4.99 Å². The van der Waals surface area contributed by atoms with Gasteiger partial charge in [-0.05, 0) is 13.8 Å². The molecule has 0 spiro atoms. The molecule has 4 heteroatoms. The predicted octanol–water partition coefficient (Wildman–Crippen LogP) is 0.993. The number of aliphatic imine (C=N–C) groups is 1. The molecular formula is C6H9NO2S. The van der Waals surface area contributed by atoms with Crippen molar-refractivity contribution in [3.8, 4) is 0 Å². The molecular weight excluding hydrogens is 150 g/mol. The fraction of sp³-hybridized carbons (Fsp3) is 0.667. The van der Waals surface area contributed by atoms with E-state index in [9.17, 15) is 4.79 Å². The molecule has 1 aliphatic rings. The third kappa shape index (κ3) is 1.16. The van der Waals surface area contributed by atoms with Gasteiger partial charge in [-0.15, -0.1) is 11.8 Å².